The van der Waals surface area contributed by atoms with Crippen molar-refractivity contribution in [3.8, 4) is 0 Å². The third-order valence-corrected chi connectivity index (χ3v) is 3.89. The van der Waals surface area contributed by atoms with Crippen LogP contribution < -0.4 is 10.6 Å². The van der Waals surface area contributed by atoms with Crippen LogP contribution in [0.3, 0.4) is 0 Å². The van der Waals surface area contributed by atoms with E-state index in [1.165, 1.54) is 12.8 Å². The van der Waals surface area contributed by atoms with Crippen molar-refractivity contribution in [1.29, 1.82) is 0 Å². The van der Waals surface area contributed by atoms with E-state index in [4.69, 9.17) is 0 Å². The average molecular weight is 293 g/mol. The maximum absolute atomic E-state index is 12.2. The van der Waals surface area contributed by atoms with Gasteiger partial charge in [0.2, 0.25) is 5.91 Å². The van der Waals surface area contributed by atoms with Gasteiger partial charge < -0.3 is 10.6 Å². The Balaban J connectivity index is 1.85. The van der Waals surface area contributed by atoms with Gasteiger partial charge in [0.1, 0.15) is 5.82 Å². The summed E-state index contributed by atoms with van der Waals surface area (Å²) in [7, 11) is 1.98. The Morgan fingerprint density at radius 1 is 1.52 bits per heavy atom. The van der Waals surface area contributed by atoms with Gasteiger partial charge in [-0.05, 0) is 52.7 Å². The number of carbonyl (C=O) groups is 1. The van der Waals surface area contributed by atoms with Gasteiger partial charge in [0.15, 0.2) is 0 Å². The molecule has 0 spiro atoms. The average Bonchev–Trinajstić information content (AvgIpc) is 2.87. The summed E-state index contributed by atoms with van der Waals surface area (Å²) in [6.45, 7) is 7.60. The van der Waals surface area contributed by atoms with E-state index in [9.17, 15) is 4.79 Å². The molecule has 21 heavy (non-hydrogen) atoms. The van der Waals surface area contributed by atoms with Crippen LogP contribution in [0.5, 0.6) is 0 Å². The van der Waals surface area contributed by atoms with E-state index in [0.717, 1.165) is 25.5 Å². The maximum Gasteiger partial charge on any atom is 0.239 e. The van der Waals surface area contributed by atoms with Crippen LogP contribution in [-0.4, -0.2) is 53.8 Å². The number of aromatic nitrogens is 2. The number of nitrogens with one attached hydrogen (secondary N) is 2. The highest BCUT2D eigenvalue weighted by atomic mass is 16.2. The second kappa shape index (κ2) is 7.56. The summed E-state index contributed by atoms with van der Waals surface area (Å²) in [5.74, 6) is 1.47. The molecule has 1 fully saturated rings. The fourth-order valence-corrected chi connectivity index (χ4v) is 2.96. The van der Waals surface area contributed by atoms with E-state index in [2.05, 4.69) is 34.5 Å². The van der Waals surface area contributed by atoms with Crippen molar-refractivity contribution in [2.45, 2.75) is 32.7 Å². The minimum Gasteiger partial charge on any atom is -0.319 e. The first-order valence-electron chi connectivity index (χ1n) is 7.80. The molecule has 1 saturated heterocycles. The highest BCUT2D eigenvalue weighted by Gasteiger charge is 2.21. The molecule has 6 nitrogen and oxygen atoms in total. The summed E-state index contributed by atoms with van der Waals surface area (Å²) in [6.07, 6.45) is 4.14. The highest BCUT2D eigenvalue weighted by Crippen LogP contribution is 2.16. The van der Waals surface area contributed by atoms with Gasteiger partial charge in [-0.1, -0.05) is 0 Å². The van der Waals surface area contributed by atoms with Crippen LogP contribution in [-0.2, 0) is 4.79 Å². The second-order valence-electron chi connectivity index (χ2n) is 6.10. The number of likely N-dealkylation sites (tertiary alicyclic amines) is 1. The first kappa shape index (κ1) is 16.0. The number of amides is 1. The van der Waals surface area contributed by atoms with E-state index in [-0.39, 0.29) is 11.9 Å². The molecule has 0 saturated carbocycles. The predicted molar refractivity (Wildman–Crippen MR) is 84.3 cm³/mol. The largest absolute Gasteiger partial charge is 0.319 e. The fourth-order valence-electron chi connectivity index (χ4n) is 2.96. The van der Waals surface area contributed by atoms with Crippen LogP contribution in [0, 0.1) is 5.92 Å². The van der Waals surface area contributed by atoms with Crippen molar-refractivity contribution >= 4 is 11.7 Å². The first-order valence-corrected chi connectivity index (χ1v) is 7.80. The van der Waals surface area contributed by atoms with Crippen LogP contribution in [0.15, 0.2) is 12.3 Å². The number of anilines is 1. The SMILES string of the molecule is CNCC1CCCN(CC(=O)Nc2ccnn2C(C)C)C1. The number of rotatable bonds is 6. The number of piperidine rings is 1. The lowest BCUT2D eigenvalue weighted by molar-refractivity contribution is -0.117. The molecule has 0 radical (unpaired) electrons. The molecule has 6 heteroatoms. The molecule has 1 aromatic heterocycles. The summed E-state index contributed by atoms with van der Waals surface area (Å²) < 4.78 is 1.83. The number of hydrogen-bond acceptors (Lipinski definition) is 4. The predicted octanol–water partition coefficient (Wildman–Crippen LogP) is 1.33. The fraction of sp³-hybridized carbons (Fsp3) is 0.733. The molecule has 1 aliphatic heterocycles. The van der Waals surface area contributed by atoms with Crippen molar-refractivity contribution in [3.05, 3.63) is 12.3 Å². The van der Waals surface area contributed by atoms with E-state index < -0.39 is 0 Å². The molecule has 0 aromatic carbocycles. The quantitative estimate of drug-likeness (QED) is 0.831. The molecule has 2 rings (SSSR count). The van der Waals surface area contributed by atoms with Crippen molar-refractivity contribution in [3.63, 3.8) is 0 Å². The number of hydrogen-bond donors (Lipinski definition) is 2. The van der Waals surface area contributed by atoms with Gasteiger partial charge in [-0.25, -0.2) is 4.68 Å². The zero-order valence-electron chi connectivity index (χ0n) is 13.3. The molecule has 0 aliphatic carbocycles. The maximum atomic E-state index is 12.2. The lowest BCUT2D eigenvalue weighted by atomic mass is 9.98. The molecule has 118 valence electrons. The second-order valence-corrected chi connectivity index (χ2v) is 6.10. The van der Waals surface area contributed by atoms with Crippen LogP contribution >= 0.6 is 0 Å². The molecule has 0 bridgehead atoms. The number of nitrogens with zero attached hydrogens (tertiary/aromatic N) is 3. The van der Waals surface area contributed by atoms with Gasteiger partial charge in [0, 0.05) is 18.7 Å². The van der Waals surface area contributed by atoms with E-state index in [0.29, 0.717) is 12.5 Å². The summed E-state index contributed by atoms with van der Waals surface area (Å²) in [5, 5.41) is 10.4. The number of carbonyl (C=O) groups excluding carboxylic acids is 1. The Morgan fingerprint density at radius 3 is 3.05 bits per heavy atom. The Labute approximate surface area is 126 Å². The molecular formula is C15H27N5O. The first-order chi connectivity index (χ1) is 10.1. The van der Waals surface area contributed by atoms with Crippen molar-refractivity contribution in [2.75, 3.05) is 38.5 Å². The lowest BCUT2D eigenvalue weighted by Gasteiger charge is -2.32. The third kappa shape index (κ3) is 4.54. The summed E-state index contributed by atoms with van der Waals surface area (Å²) in [5.41, 5.74) is 0. The minimum atomic E-state index is 0.0440. The Bertz CT molecular complexity index is 455. The van der Waals surface area contributed by atoms with Crippen molar-refractivity contribution in [1.82, 2.24) is 20.0 Å². The zero-order valence-corrected chi connectivity index (χ0v) is 13.3. The van der Waals surface area contributed by atoms with Crippen LogP contribution in [0.25, 0.3) is 0 Å². The molecule has 1 unspecified atom stereocenters. The van der Waals surface area contributed by atoms with E-state index >= 15 is 0 Å². The minimum absolute atomic E-state index is 0.0440. The zero-order chi connectivity index (χ0) is 15.2. The van der Waals surface area contributed by atoms with Crippen LogP contribution in [0.2, 0.25) is 0 Å². The van der Waals surface area contributed by atoms with Crippen LogP contribution in [0.4, 0.5) is 5.82 Å². The lowest BCUT2D eigenvalue weighted by Crippen LogP contribution is -2.42. The normalized spacial score (nSPS) is 19.9. The molecule has 1 amide bonds. The van der Waals surface area contributed by atoms with Gasteiger partial charge >= 0.3 is 0 Å². The molecule has 2 N–H and O–H groups in total. The van der Waals surface area contributed by atoms with E-state index in [1.807, 2.05) is 17.8 Å². The van der Waals surface area contributed by atoms with Crippen molar-refractivity contribution in [2.24, 2.45) is 5.92 Å². The topological polar surface area (TPSA) is 62.2 Å². The van der Waals surface area contributed by atoms with Crippen LogP contribution in [0.1, 0.15) is 32.7 Å². The third-order valence-electron chi connectivity index (χ3n) is 3.89. The van der Waals surface area contributed by atoms with Gasteiger partial charge in [-0.15, -0.1) is 0 Å². The van der Waals surface area contributed by atoms with Gasteiger partial charge in [-0.2, -0.15) is 5.10 Å². The standard InChI is InChI=1S/C15H27N5O/c1-12(2)20-14(6-7-17-20)18-15(21)11-19-8-4-5-13(10-19)9-16-3/h6-7,12-13,16H,4-5,8-11H2,1-3H3,(H,18,21). The highest BCUT2D eigenvalue weighted by molar-refractivity contribution is 5.91. The van der Waals surface area contributed by atoms with Gasteiger partial charge in [0.25, 0.3) is 0 Å². The van der Waals surface area contributed by atoms with Gasteiger partial charge in [0.05, 0.1) is 12.7 Å². The van der Waals surface area contributed by atoms with E-state index in [1.54, 1.807) is 6.20 Å². The Kier molecular flexibility index (Phi) is 5.76. The van der Waals surface area contributed by atoms with Gasteiger partial charge in [-0.3, -0.25) is 9.69 Å². The summed E-state index contributed by atoms with van der Waals surface area (Å²) >= 11 is 0. The smallest absolute Gasteiger partial charge is 0.239 e. The Morgan fingerprint density at radius 2 is 2.33 bits per heavy atom. The van der Waals surface area contributed by atoms with Crippen molar-refractivity contribution < 1.29 is 4.79 Å². The monoisotopic (exact) mass is 293 g/mol. The summed E-state index contributed by atoms with van der Waals surface area (Å²) in [6, 6.07) is 2.09. The molecule has 1 aromatic rings. The molecule has 1 atom stereocenters. The Hall–Kier alpha value is -1.40. The molecular weight excluding hydrogens is 266 g/mol. The summed E-state index contributed by atoms with van der Waals surface area (Å²) in [4.78, 5) is 14.5. The molecule has 1 aliphatic rings. The molecule has 2 heterocycles.